The zero-order valence-electron chi connectivity index (χ0n) is 22.5. The van der Waals surface area contributed by atoms with E-state index < -0.39 is 11.9 Å². The van der Waals surface area contributed by atoms with Crippen LogP contribution in [0.15, 0.2) is 53.4 Å². The van der Waals surface area contributed by atoms with Gasteiger partial charge in [0.05, 0.1) is 37.5 Å². The Hall–Kier alpha value is -3.77. The summed E-state index contributed by atoms with van der Waals surface area (Å²) in [7, 11) is 4.39. The number of halogens is 2. The van der Waals surface area contributed by atoms with Gasteiger partial charge >= 0.3 is 5.97 Å². The molecule has 2 amide bonds. The number of nitrogens with zero attached hydrogens (tertiary/aromatic N) is 1. The molecule has 0 atom stereocenters. The number of hydrogen-bond donors (Lipinski definition) is 2. The molecule has 4 rings (SSSR count). The summed E-state index contributed by atoms with van der Waals surface area (Å²) in [6.07, 6.45) is 1.62. The maximum atomic E-state index is 13.3. The van der Waals surface area contributed by atoms with Crippen molar-refractivity contribution in [1.82, 2.24) is 4.90 Å². The Morgan fingerprint density at radius 3 is 2.40 bits per heavy atom. The van der Waals surface area contributed by atoms with Crippen molar-refractivity contribution < 1.29 is 33.7 Å². The molecule has 1 aliphatic rings. The van der Waals surface area contributed by atoms with Gasteiger partial charge in [0.1, 0.15) is 10.1 Å². The van der Waals surface area contributed by atoms with Crippen LogP contribution in [0.4, 0.5) is 5.69 Å². The van der Waals surface area contributed by atoms with Crippen molar-refractivity contribution in [2.75, 3.05) is 33.2 Å². The number of benzene rings is 3. The molecule has 42 heavy (non-hydrogen) atoms. The number of ether oxygens (including phenoxy) is 3. The summed E-state index contributed by atoms with van der Waals surface area (Å²) in [6.45, 7) is 0.0403. The summed E-state index contributed by atoms with van der Waals surface area (Å²) >= 11 is 19.3. The first kappa shape index (κ1) is 31.2. The van der Waals surface area contributed by atoms with E-state index in [9.17, 15) is 14.4 Å². The molecule has 3 aromatic rings. The van der Waals surface area contributed by atoms with Crippen LogP contribution in [0.2, 0.25) is 10.0 Å². The van der Waals surface area contributed by atoms with Crippen LogP contribution in [0.1, 0.15) is 22.3 Å². The molecule has 1 aliphatic heterocycles. The van der Waals surface area contributed by atoms with Gasteiger partial charge in [0.15, 0.2) is 11.5 Å². The van der Waals surface area contributed by atoms with Crippen LogP contribution in [0.3, 0.4) is 0 Å². The lowest BCUT2D eigenvalue weighted by Gasteiger charge is -2.16. The Morgan fingerprint density at radius 2 is 1.74 bits per heavy atom. The third kappa shape index (κ3) is 6.81. The molecule has 1 fully saturated rings. The van der Waals surface area contributed by atoms with E-state index in [4.69, 9.17) is 54.7 Å². The van der Waals surface area contributed by atoms with Crippen LogP contribution in [-0.4, -0.2) is 60.0 Å². The summed E-state index contributed by atoms with van der Waals surface area (Å²) in [5, 5.41) is 12.8. The second kappa shape index (κ2) is 13.5. The maximum Gasteiger partial charge on any atom is 0.335 e. The average molecular weight is 648 g/mol. The first-order valence-corrected chi connectivity index (χ1v) is 14.2. The van der Waals surface area contributed by atoms with Gasteiger partial charge in [-0.05, 0) is 60.2 Å². The summed E-state index contributed by atoms with van der Waals surface area (Å²) in [6, 6.07) is 12.7. The predicted molar refractivity (Wildman–Crippen MR) is 168 cm³/mol. The van der Waals surface area contributed by atoms with Gasteiger partial charge in [-0.1, -0.05) is 47.2 Å². The van der Waals surface area contributed by atoms with Crippen LogP contribution in [-0.2, 0) is 9.59 Å². The Kier molecular flexibility index (Phi) is 10.00. The van der Waals surface area contributed by atoms with Crippen molar-refractivity contribution in [3.63, 3.8) is 0 Å². The summed E-state index contributed by atoms with van der Waals surface area (Å²) < 4.78 is 16.7. The Bertz CT molecular complexity index is 1630. The minimum absolute atomic E-state index is 0.0199. The zero-order valence-corrected chi connectivity index (χ0v) is 25.7. The molecule has 9 nitrogen and oxygen atoms in total. The predicted octanol–water partition coefficient (Wildman–Crippen LogP) is 6.61. The largest absolute Gasteiger partial charge is 0.495 e. The molecule has 0 radical (unpaired) electrons. The van der Waals surface area contributed by atoms with Gasteiger partial charge in [-0.25, -0.2) is 4.79 Å². The molecule has 2 N–H and O–H groups in total. The van der Waals surface area contributed by atoms with E-state index in [0.717, 1.165) is 11.8 Å². The van der Waals surface area contributed by atoms with Crippen LogP contribution in [0.5, 0.6) is 17.2 Å². The zero-order chi connectivity index (χ0) is 30.6. The number of carboxylic acids is 1. The lowest BCUT2D eigenvalue weighted by atomic mass is 10.0. The highest BCUT2D eigenvalue weighted by Gasteiger charge is 2.32. The molecule has 0 aromatic heterocycles. The molecule has 0 unspecified atom stereocenters. The fraction of sp³-hybridized carbons (Fsp3) is 0.172. The normalized spacial score (nSPS) is 13.8. The van der Waals surface area contributed by atoms with Crippen molar-refractivity contribution in [2.24, 2.45) is 0 Å². The number of amides is 2. The van der Waals surface area contributed by atoms with Gasteiger partial charge in [-0.2, -0.15) is 0 Å². The highest BCUT2D eigenvalue weighted by Crippen LogP contribution is 2.44. The summed E-state index contributed by atoms with van der Waals surface area (Å²) in [5.74, 6) is -0.796. The number of carboxylic acid groups (broad SMARTS) is 1. The smallest absolute Gasteiger partial charge is 0.335 e. The first-order valence-electron chi connectivity index (χ1n) is 12.2. The average Bonchev–Trinajstić information content (AvgIpc) is 3.23. The monoisotopic (exact) mass is 646 g/mol. The molecule has 1 saturated heterocycles. The molecular formula is C29H24Cl2N2O7S2. The summed E-state index contributed by atoms with van der Waals surface area (Å²) in [4.78, 5) is 38.9. The van der Waals surface area contributed by atoms with Crippen LogP contribution in [0.25, 0.3) is 17.2 Å². The number of carbonyl (C=O) groups is 3. The summed E-state index contributed by atoms with van der Waals surface area (Å²) in [5.41, 5.74) is 2.21. The van der Waals surface area contributed by atoms with E-state index >= 15 is 0 Å². The highest BCUT2D eigenvalue weighted by atomic mass is 35.5. The van der Waals surface area contributed by atoms with Crippen molar-refractivity contribution in [1.29, 1.82) is 0 Å². The van der Waals surface area contributed by atoms with Gasteiger partial charge in [0, 0.05) is 34.1 Å². The standard InChI is InChI=1S/C29H24Cl2N2O7S2/c1-38-22-13-16(28(36)37)4-7-21(22)32-25(34)8-9-33-27(35)24(42-29(33)41)12-15-10-19(26(40-3)23(11-15)39-2)18-14-17(30)5-6-20(18)31/h4-7,10-14H,8-9H2,1-3H3,(H,32,34)(H,36,37). The van der Waals surface area contributed by atoms with Gasteiger partial charge in [-0.15, -0.1) is 0 Å². The second-order valence-corrected chi connectivity index (χ2v) is 11.3. The van der Waals surface area contributed by atoms with Crippen molar-refractivity contribution in [2.45, 2.75) is 6.42 Å². The first-order chi connectivity index (χ1) is 20.1. The minimum Gasteiger partial charge on any atom is -0.495 e. The maximum absolute atomic E-state index is 13.3. The quantitative estimate of drug-likeness (QED) is 0.185. The number of anilines is 1. The Labute approximate surface area is 261 Å². The molecule has 0 spiro atoms. The van der Waals surface area contributed by atoms with E-state index in [1.807, 2.05) is 6.07 Å². The lowest BCUT2D eigenvalue weighted by molar-refractivity contribution is -0.122. The fourth-order valence-corrected chi connectivity index (χ4v) is 5.87. The van der Waals surface area contributed by atoms with Crippen molar-refractivity contribution >= 4 is 81.0 Å². The van der Waals surface area contributed by atoms with Gasteiger partial charge < -0.3 is 24.6 Å². The number of methoxy groups -OCH3 is 3. The highest BCUT2D eigenvalue weighted by molar-refractivity contribution is 8.26. The van der Waals surface area contributed by atoms with Crippen LogP contribution in [0, 0.1) is 0 Å². The second-order valence-electron chi connectivity index (χ2n) is 8.78. The third-order valence-corrected chi connectivity index (χ3v) is 8.12. The van der Waals surface area contributed by atoms with Crippen molar-refractivity contribution in [3.05, 3.63) is 74.6 Å². The van der Waals surface area contributed by atoms with Gasteiger partial charge in [-0.3, -0.25) is 14.5 Å². The SMILES string of the molecule is COc1cc(C(=O)O)ccc1NC(=O)CCN1C(=O)C(=Cc2cc(OC)c(OC)c(-c3cc(Cl)ccc3Cl)c2)SC1=S. The van der Waals surface area contributed by atoms with Crippen LogP contribution < -0.4 is 19.5 Å². The van der Waals surface area contributed by atoms with Crippen LogP contribution >= 0.6 is 47.2 Å². The molecule has 0 aliphatic carbocycles. The van der Waals surface area contributed by atoms with E-state index in [-0.39, 0.29) is 30.2 Å². The Balaban J connectivity index is 1.53. The molecule has 0 bridgehead atoms. The molecule has 3 aromatic carbocycles. The number of thiocarbonyl (C=S) groups is 1. The third-order valence-electron chi connectivity index (χ3n) is 6.18. The molecule has 13 heteroatoms. The fourth-order valence-electron chi connectivity index (χ4n) is 4.17. The van der Waals surface area contributed by atoms with E-state index in [1.165, 1.54) is 44.4 Å². The van der Waals surface area contributed by atoms with E-state index in [2.05, 4.69) is 5.32 Å². The molecular weight excluding hydrogens is 623 g/mol. The van der Waals surface area contributed by atoms with Gasteiger partial charge in [0.25, 0.3) is 5.91 Å². The van der Waals surface area contributed by atoms with E-state index in [1.54, 1.807) is 30.3 Å². The minimum atomic E-state index is -1.12. The molecule has 1 heterocycles. The molecule has 218 valence electrons. The topological polar surface area (TPSA) is 114 Å². The number of carbonyl (C=O) groups excluding carboxylic acids is 2. The van der Waals surface area contributed by atoms with Gasteiger partial charge in [0.2, 0.25) is 5.91 Å². The Morgan fingerprint density at radius 1 is 1.00 bits per heavy atom. The molecule has 0 saturated carbocycles. The number of thioether (sulfide) groups is 1. The number of rotatable bonds is 10. The number of nitrogens with one attached hydrogen (secondary N) is 1. The lowest BCUT2D eigenvalue weighted by Crippen LogP contribution is -2.31. The van der Waals surface area contributed by atoms with Crippen molar-refractivity contribution in [3.8, 4) is 28.4 Å². The number of aromatic carboxylic acids is 1. The van der Waals surface area contributed by atoms with E-state index in [0.29, 0.717) is 53.1 Å². The number of hydrogen-bond acceptors (Lipinski definition) is 8.